The molecular weight excluding hydrogens is 457 g/mol. The third-order valence-corrected chi connectivity index (χ3v) is 7.15. The van der Waals surface area contributed by atoms with Gasteiger partial charge in [-0.25, -0.2) is 26.7 Å². The van der Waals surface area contributed by atoms with Crippen LogP contribution in [0.4, 0.5) is 4.39 Å². The number of hydrogen-bond acceptors (Lipinski definition) is 4. The summed E-state index contributed by atoms with van der Waals surface area (Å²) in [5.74, 6) is -1.55. The van der Waals surface area contributed by atoms with Gasteiger partial charge in [0.25, 0.3) is 0 Å². The summed E-state index contributed by atoms with van der Waals surface area (Å²) in [5, 5.41) is 10.1. The number of rotatable bonds is 8. The van der Waals surface area contributed by atoms with Crippen molar-refractivity contribution < 1.29 is 22.7 Å². The third-order valence-electron chi connectivity index (χ3n) is 5.18. The van der Waals surface area contributed by atoms with Gasteiger partial charge in [-0.1, -0.05) is 18.2 Å². The van der Waals surface area contributed by atoms with E-state index in [-0.39, 0.29) is 23.5 Å². The van der Waals surface area contributed by atoms with Crippen molar-refractivity contribution in [3.8, 4) is 11.1 Å². The Labute approximate surface area is 190 Å². The number of halogens is 2. The number of aromatic carboxylic acids is 1. The lowest BCUT2D eigenvalue weighted by Crippen LogP contribution is -2.22. The molecular formula is C22H23ClFN3O4S. The molecule has 0 aliphatic heterocycles. The zero-order valence-corrected chi connectivity index (χ0v) is 19.3. The highest BCUT2D eigenvalue weighted by molar-refractivity contribution is 7.89. The van der Waals surface area contributed by atoms with Gasteiger partial charge in [0.2, 0.25) is 10.0 Å². The second-order valence-corrected chi connectivity index (χ2v) is 9.81. The Morgan fingerprint density at radius 1 is 1.25 bits per heavy atom. The minimum absolute atomic E-state index is 0.0681. The molecule has 2 aromatic carbocycles. The number of sulfonamides is 1. The molecule has 0 amide bonds. The summed E-state index contributed by atoms with van der Waals surface area (Å²) in [5.41, 5.74) is 2.60. The van der Waals surface area contributed by atoms with Crippen LogP contribution in [0.2, 0.25) is 0 Å². The SMILES string of the molecule is Cc1c(-c2cccc(S(=O)(=O)N(C)C)c2)c2ccc(C(=O)O)cc2n1C/C(F)=C/CNCl. The molecule has 2 N–H and O–H groups in total. The van der Waals surface area contributed by atoms with Crippen molar-refractivity contribution in [3.63, 3.8) is 0 Å². The molecule has 0 aliphatic carbocycles. The van der Waals surface area contributed by atoms with Crippen LogP contribution < -0.4 is 4.84 Å². The van der Waals surface area contributed by atoms with Gasteiger partial charge in [0.1, 0.15) is 5.83 Å². The lowest BCUT2D eigenvalue weighted by Gasteiger charge is -2.13. The van der Waals surface area contributed by atoms with Crippen LogP contribution >= 0.6 is 11.8 Å². The zero-order valence-electron chi connectivity index (χ0n) is 17.8. The molecule has 0 radical (unpaired) electrons. The first kappa shape index (κ1) is 23.9. The highest BCUT2D eigenvalue weighted by atomic mass is 35.5. The van der Waals surface area contributed by atoms with Crippen LogP contribution in [0.25, 0.3) is 22.0 Å². The second kappa shape index (κ2) is 9.41. The van der Waals surface area contributed by atoms with E-state index in [1.54, 1.807) is 35.8 Å². The van der Waals surface area contributed by atoms with Crippen molar-refractivity contribution in [3.05, 3.63) is 65.6 Å². The van der Waals surface area contributed by atoms with E-state index in [0.29, 0.717) is 27.7 Å². The van der Waals surface area contributed by atoms with Gasteiger partial charge in [-0.2, -0.15) is 0 Å². The summed E-state index contributed by atoms with van der Waals surface area (Å²) >= 11 is 5.40. The molecule has 10 heteroatoms. The van der Waals surface area contributed by atoms with Crippen LogP contribution in [0.3, 0.4) is 0 Å². The fraction of sp³-hybridized carbons (Fsp3) is 0.227. The van der Waals surface area contributed by atoms with Crippen LogP contribution in [0.1, 0.15) is 16.1 Å². The Kier molecular flexibility index (Phi) is 7.04. The van der Waals surface area contributed by atoms with Crippen molar-refractivity contribution in [2.24, 2.45) is 0 Å². The van der Waals surface area contributed by atoms with Crippen LogP contribution in [0.15, 0.2) is 59.3 Å². The molecule has 3 rings (SSSR count). The van der Waals surface area contributed by atoms with E-state index >= 15 is 0 Å². The number of allylic oxidation sites excluding steroid dienone is 1. The molecule has 0 unspecified atom stereocenters. The van der Waals surface area contributed by atoms with E-state index in [0.717, 1.165) is 4.31 Å². The largest absolute Gasteiger partial charge is 0.478 e. The number of carboxylic acid groups (broad SMARTS) is 1. The first-order valence-corrected chi connectivity index (χ1v) is 11.5. The third kappa shape index (κ3) is 4.56. The Morgan fingerprint density at radius 2 is 1.97 bits per heavy atom. The van der Waals surface area contributed by atoms with Gasteiger partial charge < -0.3 is 9.67 Å². The zero-order chi connectivity index (χ0) is 23.6. The normalized spacial score (nSPS) is 12.6. The highest BCUT2D eigenvalue weighted by Crippen LogP contribution is 2.36. The smallest absolute Gasteiger partial charge is 0.335 e. The molecule has 0 saturated heterocycles. The number of carbonyl (C=O) groups is 1. The number of benzene rings is 2. The van der Waals surface area contributed by atoms with E-state index in [4.69, 9.17) is 11.8 Å². The molecule has 32 heavy (non-hydrogen) atoms. The number of hydrogen-bond donors (Lipinski definition) is 2. The van der Waals surface area contributed by atoms with Crippen LogP contribution in [0.5, 0.6) is 0 Å². The lowest BCUT2D eigenvalue weighted by molar-refractivity contribution is 0.0697. The Hall–Kier alpha value is -2.72. The van der Waals surface area contributed by atoms with Gasteiger partial charge in [0.15, 0.2) is 0 Å². The van der Waals surface area contributed by atoms with E-state index in [1.165, 1.54) is 38.4 Å². The maximum Gasteiger partial charge on any atom is 0.335 e. The van der Waals surface area contributed by atoms with Crippen LogP contribution in [-0.2, 0) is 16.6 Å². The molecule has 0 fully saturated rings. The standard InChI is InChI=1S/C22H23ClFN3O4S/c1-14-21(15-5-4-6-18(11-15)32(30,31)26(2)3)19-8-7-16(22(28)29)12-20(19)27(14)13-17(24)9-10-25-23/h4-9,11-12,25H,10,13H2,1-3H3,(H,28,29)/b17-9-. The molecule has 3 aromatic rings. The van der Waals surface area contributed by atoms with Crippen LogP contribution in [-0.4, -0.2) is 49.0 Å². The summed E-state index contributed by atoms with van der Waals surface area (Å²) < 4.78 is 42.5. The van der Waals surface area contributed by atoms with E-state index < -0.39 is 21.8 Å². The molecule has 1 aromatic heterocycles. The van der Waals surface area contributed by atoms with E-state index in [9.17, 15) is 22.7 Å². The minimum atomic E-state index is -3.65. The van der Waals surface area contributed by atoms with E-state index in [1.807, 2.05) is 0 Å². The number of aromatic nitrogens is 1. The summed E-state index contributed by atoms with van der Waals surface area (Å²) in [7, 11) is -0.742. The first-order chi connectivity index (χ1) is 15.1. The van der Waals surface area contributed by atoms with Gasteiger partial charge >= 0.3 is 5.97 Å². The Bertz CT molecular complexity index is 1320. The topological polar surface area (TPSA) is 91.6 Å². The van der Waals surface area contributed by atoms with Gasteiger partial charge in [0, 0.05) is 37.3 Å². The minimum Gasteiger partial charge on any atom is -0.478 e. The molecule has 0 bridgehead atoms. The fourth-order valence-corrected chi connectivity index (χ4v) is 4.59. The van der Waals surface area contributed by atoms with Crippen molar-refractivity contribution in [1.29, 1.82) is 0 Å². The van der Waals surface area contributed by atoms with Crippen LogP contribution in [0, 0.1) is 6.92 Å². The summed E-state index contributed by atoms with van der Waals surface area (Å²) in [4.78, 5) is 14.0. The predicted molar refractivity (Wildman–Crippen MR) is 123 cm³/mol. The molecule has 0 spiro atoms. The molecule has 7 nitrogen and oxygen atoms in total. The maximum absolute atomic E-state index is 14.5. The number of fused-ring (bicyclic) bond motifs is 1. The lowest BCUT2D eigenvalue weighted by atomic mass is 10.0. The van der Waals surface area contributed by atoms with Crippen molar-refractivity contribution >= 4 is 38.7 Å². The molecule has 0 atom stereocenters. The maximum atomic E-state index is 14.5. The first-order valence-electron chi connectivity index (χ1n) is 9.65. The van der Waals surface area contributed by atoms with Crippen molar-refractivity contribution in [2.45, 2.75) is 18.4 Å². The van der Waals surface area contributed by atoms with Gasteiger partial charge in [0.05, 0.1) is 22.5 Å². The average Bonchev–Trinajstić information content (AvgIpc) is 3.02. The quantitative estimate of drug-likeness (QED) is 0.473. The average molecular weight is 480 g/mol. The fourth-order valence-electron chi connectivity index (χ4n) is 3.57. The Balaban J connectivity index is 2.27. The monoisotopic (exact) mass is 479 g/mol. The number of nitrogens with one attached hydrogen (secondary N) is 1. The molecule has 0 saturated carbocycles. The van der Waals surface area contributed by atoms with Crippen molar-refractivity contribution in [2.75, 3.05) is 20.6 Å². The highest BCUT2D eigenvalue weighted by Gasteiger charge is 2.21. The number of nitrogens with zero attached hydrogens (tertiary/aromatic N) is 2. The Morgan fingerprint density at radius 3 is 2.59 bits per heavy atom. The number of carboxylic acids is 1. The van der Waals surface area contributed by atoms with Crippen molar-refractivity contribution in [1.82, 2.24) is 13.7 Å². The summed E-state index contributed by atoms with van der Waals surface area (Å²) in [6, 6.07) is 11.1. The predicted octanol–water partition coefficient (Wildman–Crippen LogP) is 4.16. The second-order valence-electron chi connectivity index (χ2n) is 7.39. The van der Waals surface area contributed by atoms with Gasteiger partial charge in [-0.3, -0.25) is 0 Å². The molecule has 0 aliphatic rings. The summed E-state index contributed by atoms with van der Waals surface area (Å²) in [6.07, 6.45) is 1.29. The molecule has 1 heterocycles. The van der Waals surface area contributed by atoms with E-state index in [2.05, 4.69) is 4.84 Å². The van der Waals surface area contributed by atoms with Gasteiger partial charge in [-0.05, 0) is 54.6 Å². The summed E-state index contributed by atoms with van der Waals surface area (Å²) in [6.45, 7) is 1.79. The van der Waals surface area contributed by atoms with Gasteiger partial charge in [-0.15, -0.1) is 0 Å². The molecule has 170 valence electrons.